The summed E-state index contributed by atoms with van der Waals surface area (Å²) in [5, 5.41) is 12.3. The third-order valence-electron chi connectivity index (χ3n) is 4.10. The Hall–Kier alpha value is -1.51. The van der Waals surface area contributed by atoms with Gasteiger partial charge in [-0.05, 0) is 59.3 Å². The molecule has 1 aromatic carbocycles. The zero-order valence-corrected chi connectivity index (χ0v) is 17.1. The predicted octanol–water partition coefficient (Wildman–Crippen LogP) is 4.51. The second-order valence-corrected chi connectivity index (χ2v) is 7.93. The highest BCUT2D eigenvalue weighted by Crippen LogP contribution is 2.32. The zero-order valence-electron chi connectivity index (χ0n) is 14.7. The molecule has 0 radical (unpaired) electrons. The van der Waals surface area contributed by atoms with E-state index in [-0.39, 0.29) is 12.0 Å². The molecule has 1 aromatic heterocycles. The Labute approximate surface area is 165 Å². The van der Waals surface area contributed by atoms with E-state index in [2.05, 4.69) is 44.4 Å². The second-order valence-electron chi connectivity index (χ2n) is 6.07. The van der Waals surface area contributed by atoms with Crippen LogP contribution < -0.4 is 10.1 Å². The number of ether oxygens (including phenoxy) is 2. The van der Waals surface area contributed by atoms with Crippen molar-refractivity contribution in [3.8, 4) is 5.75 Å². The van der Waals surface area contributed by atoms with E-state index in [1.165, 1.54) is 16.9 Å². The molecule has 1 atom stereocenters. The summed E-state index contributed by atoms with van der Waals surface area (Å²) in [6.45, 7) is 3.36. The number of aryl methyl sites for hydroxylation is 1. The van der Waals surface area contributed by atoms with Crippen molar-refractivity contribution < 1.29 is 14.3 Å². The fourth-order valence-corrected chi connectivity index (χ4v) is 4.05. The Morgan fingerprint density at radius 2 is 2.35 bits per heavy atom. The summed E-state index contributed by atoms with van der Waals surface area (Å²) in [4.78, 5) is 12.0. The lowest BCUT2D eigenvalue weighted by atomic mass is 10.2. The number of aromatic nitrogens is 2. The average molecular weight is 440 g/mol. The Kier molecular flexibility index (Phi) is 6.99. The number of benzene rings is 1. The van der Waals surface area contributed by atoms with Gasteiger partial charge in [0.2, 0.25) is 11.0 Å². The van der Waals surface area contributed by atoms with Crippen LogP contribution in [-0.2, 0) is 16.0 Å². The minimum absolute atomic E-state index is 0.0316. The normalized spacial score (nSPS) is 16.6. The smallest absolute Gasteiger partial charge is 0.226 e. The van der Waals surface area contributed by atoms with Crippen LogP contribution in [0.25, 0.3) is 0 Å². The third kappa shape index (κ3) is 5.25. The molecular formula is C18H22BrN3O3S. The molecule has 1 N–H and O–H groups in total. The molecule has 1 fully saturated rings. The van der Waals surface area contributed by atoms with Gasteiger partial charge in [-0.1, -0.05) is 24.3 Å². The summed E-state index contributed by atoms with van der Waals surface area (Å²) in [5.74, 6) is 0.719. The molecule has 1 aliphatic heterocycles. The minimum atomic E-state index is -0.0796. The molecule has 2 heterocycles. The van der Waals surface area contributed by atoms with Gasteiger partial charge in [-0.25, -0.2) is 0 Å². The first kappa shape index (κ1) is 19.3. The molecule has 26 heavy (non-hydrogen) atoms. The highest BCUT2D eigenvalue weighted by molar-refractivity contribution is 9.10. The quantitative estimate of drug-likeness (QED) is 0.612. The average Bonchev–Trinajstić information content (AvgIpc) is 3.31. The molecule has 2 aromatic rings. The number of amides is 1. The van der Waals surface area contributed by atoms with Gasteiger partial charge < -0.3 is 14.8 Å². The van der Waals surface area contributed by atoms with Crippen molar-refractivity contribution in [2.24, 2.45) is 0 Å². The maximum absolute atomic E-state index is 12.0. The maximum Gasteiger partial charge on any atom is 0.226 e. The number of hydrogen-bond donors (Lipinski definition) is 1. The van der Waals surface area contributed by atoms with E-state index in [4.69, 9.17) is 9.47 Å². The Balaban J connectivity index is 1.39. The summed E-state index contributed by atoms with van der Waals surface area (Å²) in [6.07, 6.45) is 4.03. The zero-order chi connectivity index (χ0) is 18.4. The van der Waals surface area contributed by atoms with E-state index in [0.29, 0.717) is 24.6 Å². The number of rotatable bonds is 8. The van der Waals surface area contributed by atoms with Crippen LogP contribution in [0.5, 0.6) is 5.75 Å². The first-order valence-corrected chi connectivity index (χ1v) is 10.4. The van der Waals surface area contributed by atoms with Crippen molar-refractivity contribution in [1.82, 2.24) is 10.2 Å². The van der Waals surface area contributed by atoms with E-state index in [0.717, 1.165) is 41.1 Å². The highest BCUT2D eigenvalue weighted by atomic mass is 79.9. The molecule has 1 aliphatic rings. The molecular weight excluding hydrogens is 418 g/mol. The molecule has 0 spiro atoms. The van der Waals surface area contributed by atoms with Crippen LogP contribution in [0.15, 0.2) is 22.7 Å². The van der Waals surface area contributed by atoms with Crippen LogP contribution in [0.4, 0.5) is 5.13 Å². The van der Waals surface area contributed by atoms with Gasteiger partial charge >= 0.3 is 0 Å². The largest absolute Gasteiger partial charge is 0.492 e. The van der Waals surface area contributed by atoms with Crippen molar-refractivity contribution >= 4 is 38.3 Å². The van der Waals surface area contributed by atoms with Gasteiger partial charge in [0.25, 0.3) is 0 Å². The Morgan fingerprint density at radius 3 is 3.08 bits per heavy atom. The van der Waals surface area contributed by atoms with Gasteiger partial charge in [-0.3, -0.25) is 4.79 Å². The summed E-state index contributed by atoms with van der Waals surface area (Å²) in [5.41, 5.74) is 1.25. The van der Waals surface area contributed by atoms with E-state index < -0.39 is 0 Å². The van der Waals surface area contributed by atoms with Crippen LogP contribution in [0, 0.1) is 0 Å². The van der Waals surface area contributed by atoms with E-state index in [9.17, 15) is 4.79 Å². The first-order chi connectivity index (χ1) is 12.7. The molecule has 3 rings (SSSR count). The second kappa shape index (κ2) is 9.43. The van der Waals surface area contributed by atoms with Crippen LogP contribution in [0.1, 0.15) is 49.3 Å². The highest BCUT2D eigenvalue weighted by Gasteiger charge is 2.22. The number of halogens is 1. The SMILES string of the molecule is CCc1ccc(OCCCC(=O)Nc2nnc(C3CCCO3)s2)c(Br)c1. The monoisotopic (exact) mass is 439 g/mol. The van der Waals surface area contributed by atoms with E-state index in [1.807, 2.05) is 12.1 Å². The molecule has 6 nitrogen and oxygen atoms in total. The summed E-state index contributed by atoms with van der Waals surface area (Å²) in [7, 11) is 0. The number of anilines is 1. The number of nitrogens with zero attached hydrogens (tertiary/aromatic N) is 2. The van der Waals surface area contributed by atoms with Gasteiger partial charge in [0.15, 0.2) is 0 Å². The molecule has 8 heteroatoms. The minimum Gasteiger partial charge on any atom is -0.492 e. The molecule has 1 saturated heterocycles. The lowest BCUT2D eigenvalue weighted by molar-refractivity contribution is -0.116. The molecule has 140 valence electrons. The van der Waals surface area contributed by atoms with Crippen molar-refractivity contribution in [3.05, 3.63) is 33.2 Å². The van der Waals surface area contributed by atoms with E-state index in [1.54, 1.807) is 0 Å². The van der Waals surface area contributed by atoms with Crippen LogP contribution in [-0.4, -0.2) is 29.3 Å². The van der Waals surface area contributed by atoms with Gasteiger partial charge in [0.1, 0.15) is 16.9 Å². The van der Waals surface area contributed by atoms with Crippen LogP contribution in [0.3, 0.4) is 0 Å². The van der Waals surface area contributed by atoms with Crippen molar-refractivity contribution in [3.63, 3.8) is 0 Å². The lowest BCUT2D eigenvalue weighted by Crippen LogP contribution is -2.12. The Morgan fingerprint density at radius 1 is 1.46 bits per heavy atom. The van der Waals surface area contributed by atoms with Crippen LogP contribution in [0.2, 0.25) is 0 Å². The van der Waals surface area contributed by atoms with Gasteiger partial charge in [0.05, 0.1) is 11.1 Å². The molecule has 0 saturated carbocycles. The molecule has 0 bridgehead atoms. The van der Waals surface area contributed by atoms with E-state index >= 15 is 0 Å². The molecule has 1 unspecified atom stereocenters. The predicted molar refractivity (Wildman–Crippen MR) is 105 cm³/mol. The van der Waals surface area contributed by atoms with Crippen LogP contribution >= 0.6 is 27.3 Å². The van der Waals surface area contributed by atoms with Gasteiger partial charge in [0, 0.05) is 13.0 Å². The fourth-order valence-electron chi connectivity index (χ4n) is 2.67. The standard InChI is InChI=1S/C18H22BrN3O3S/c1-2-12-7-8-14(13(19)11-12)24-10-4-6-16(23)20-18-22-21-17(26-18)15-5-3-9-25-15/h7-8,11,15H,2-6,9-10H2,1H3,(H,20,22,23). The summed E-state index contributed by atoms with van der Waals surface area (Å²) < 4.78 is 12.3. The maximum atomic E-state index is 12.0. The number of nitrogens with one attached hydrogen (secondary N) is 1. The summed E-state index contributed by atoms with van der Waals surface area (Å²) in [6, 6.07) is 6.06. The van der Waals surface area contributed by atoms with Gasteiger partial charge in [-0.2, -0.15) is 0 Å². The Bertz CT molecular complexity index is 747. The van der Waals surface area contributed by atoms with Crippen molar-refractivity contribution in [2.45, 2.75) is 45.1 Å². The summed E-state index contributed by atoms with van der Waals surface area (Å²) >= 11 is 4.90. The number of carbonyl (C=O) groups excluding carboxylic acids is 1. The van der Waals surface area contributed by atoms with Crippen molar-refractivity contribution in [1.29, 1.82) is 0 Å². The number of carbonyl (C=O) groups is 1. The topological polar surface area (TPSA) is 73.3 Å². The first-order valence-electron chi connectivity index (χ1n) is 8.81. The number of hydrogen-bond acceptors (Lipinski definition) is 6. The lowest BCUT2D eigenvalue weighted by Gasteiger charge is -2.09. The van der Waals surface area contributed by atoms with Gasteiger partial charge in [-0.15, -0.1) is 10.2 Å². The van der Waals surface area contributed by atoms with Crippen molar-refractivity contribution in [2.75, 3.05) is 18.5 Å². The molecule has 1 amide bonds. The molecule has 0 aliphatic carbocycles. The third-order valence-corrected chi connectivity index (χ3v) is 5.65. The fraction of sp³-hybridized carbons (Fsp3) is 0.500.